The van der Waals surface area contributed by atoms with Gasteiger partial charge in [0.2, 0.25) is 0 Å². The Bertz CT molecular complexity index is 433. The maximum absolute atomic E-state index is 12.3. The predicted octanol–water partition coefficient (Wildman–Crippen LogP) is 2.31. The Labute approximate surface area is 121 Å². The van der Waals surface area contributed by atoms with E-state index in [1.54, 1.807) is 25.6 Å². The number of carbonyl (C=O) groups is 1. The van der Waals surface area contributed by atoms with E-state index in [-0.39, 0.29) is 11.3 Å². The molecule has 0 aliphatic heterocycles. The number of methoxy groups -OCH3 is 1. The lowest BCUT2D eigenvalue weighted by Crippen LogP contribution is -2.35. The molecule has 0 spiro atoms. The zero-order valence-electron chi connectivity index (χ0n) is 12.8. The molecule has 112 valence electrons. The quantitative estimate of drug-likeness (QED) is 0.766. The van der Waals surface area contributed by atoms with Crippen molar-refractivity contribution in [1.29, 1.82) is 0 Å². The van der Waals surface area contributed by atoms with Crippen LogP contribution in [0.5, 0.6) is 0 Å². The van der Waals surface area contributed by atoms with Gasteiger partial charge < -0.3 is 15.4 Å². The van der Waals surface area contributed by atoms with E-state index in [1.165, 1.54) is 0 Å². The number of pyridine rings is 1. The summed E-state index contributed by atoms with van der Waals surface area (Å²) in [6.45, 7) is 8.28. The second-order valence-electron chi connectivity index (χ2n) is 5.54. The van der Waals surface area contributed by atoms with Crippen LogP contribution in [0.4, 0.5) is 5.69 Å². The van der Waals surface area contributed by atoms with E-state index >= 15 is 0 Å². The number of hydrogen-bond donors (Lipinski definition) is 2. The number of carbonyl (C=O) groups excluding carboxylic acids is 1. The molecule has 0 atom stereocenters. The van der Waals surface area contributed by atoms with Crippen LogP contribution < -0.4 is 10.6 Å². The highest BCUT2D eigenvalue weighted by Gasteiger charge is 2.19. The molecule has 1 rings (SSSR count). The molecule has 5 nitrogen and oxygen atoms in total. The van der Waals surface area contributed by atoms with E-state index in [0.717, 1.165) is 18.7 Å². The zero-order valence-corrected chi connectivity index (χ0v) is 12.8. The van der Waals surface area contributed by atoms with Crippen LogP contribution in [-0.2, 0) is 4.74 Å². The third-order valence-corrected chi connectivity index (χ3v) is 3.14. The number of amides is 1. The summed E-state index contributed by atoms with van der Waals surface area (Å²) in [4.78, 5) is 16.3. The molecule has 0 fully saturated rings. The first-order chi connectivity index (χ1) is 9.50. The van der Waals surface area contributed by atoms with Gasteiger partial charge in [0, 0.05) is 33.0 Å². The van der Waals surface area contributed by atoms with Gasteiger partial charge in [0.1, 0.15) is 0 Å². The largest absolute Gasteiger partial charge is 0.385 e. The van der Waals surface area contributed by atoms with E-state index < -0.39 is 0 Å². The first-order valence-electron chi connectivity index (χ1n) is 6.95. The Morgan fingerprint density at radius 2 is 2.20 bits per heavy atom. The molecule has 1 aromatic heterocycles. The van der Waals surface area contributed by atoms with Gasteiger partial charge in [0.05, 0.1) is 17.4 Å². The van der Waals surface area contributed by atoms with E-state index in [1.807, 2.05) is 6.92 Å². The summed E-state index contributed by atoms with van der Waals surface area (Å²) < 4.78 is 5.09. The summed E-state index contributed by atoms with van der Waals surface area (Å²) in [6, 6.07) is 1.73. The molecule has 0 saturated carbocycles. The van der Waals surface area contributed by atoms with E-state index in [2.05, 4.69) is 29.5 Å². The lowest BCUT2D eigenvalue weighted by molar-refractivity contribution is 0.0921. The normalized spacial score (nSPS) is 11.2. The van der Waals surface area contributed by atoms with Crippen molar-refractivity contribution < 1.29 is 9.53 Å². The second kappa shape index (κ2) is 7.85. The van der Waals surface area contributed by atoms with Gasteiger partial charge in [0.25, 0.3) is 5.91 Å². The van der Waals surface area contributed by atoms with E-state index in [0.29, 0.717) is 18.7 Å². The molecule has 0 unspecified atom stereocenters. The van der Waals surface area contributed by atoms with Crippen LogP contribution in [0.2, 0.25) is 0 Å². The van der Waals surface area contributed by atoms with Gasteiger partial charge in [-0.3, -0.25) is 9.78 Å². The minimum Gasteiger partial charge on any atom is -0.385 e. The van der Waals surface area contributed by atoms with Crippen molar-refractivity contribution in [2.45, 2.75) is 27.2 Å². The summed E-state index contributed by atoms with van der Waals surface area (Å²) in [5, 5.41) is 6.13. The van der Waals surface area contributed by atoms with Crippen molar-refractivity contribution in [1.82, 2.24) is 10.3 Å². The monoisotopic (exact) mass is 279 g/mol. The minimum atomic E-state index is -0.0751. The Hall–Kier alpha value is -1.62. The molecule has 2 N–H and O–H groups in total. The summed E-state index contributed by atoms with van der Waals surface area (Å²) in [5.74, 6) is -0.0751. The van der Waals surface area contributed by atoms with Crippen LogP contribution in [0.1, 0.15) is 37.6 Å². The van der Waals surface area contributed by atoms with Crippen LogP contribution in [0.15, 0.2) is 18.5 Å². The highest BCUT2D eigenvalue weighted by molar-refractivity contribution is 5.99. The summed E-state index contributed by atoms with van der Waals surface area (Å²) in [7, 11) is 1.69. The van der Waals surface area contributed by atoms with Crippen molar-refractivity contribution in [2.24, 2.45) is 5.41 Å². The maximum Gasteiger partial charge on any atom is 0.253 e. The first-order valence-corrected chi connectivity index (χ1v) is 6.95. The first kappa shape index (κ1) is 16.4. The van der Waals surface area contributed by atoms with Gasteiger partial charge in [-0.05, 0) is 24.8 Å². The Morgan fingerprint density at radius 3 is 2.85 bits per heavy atom. The molecular formula is C15H25N3O2. The molecule has 0 aromatic carbocycles. The maximum atomic E-state index is 12.3. The smallest absolute Gasteiger partial charge is 0.253 e. The summed E-state index contributed by atoms with van der Waals surface area (Å²) in [5.41, 5.74) is 1.41. The highest BCUT2D eigenvalue weighted by Crippen LogP contribution is 2.19. The van der Waals surface area contributed by atoms with Gasteiger partial charge in [-0.15, -0.1) is 0 Å². The molecule has 0 aliphatic carbocycles. The Balaban J connectivity index is 2.63. The highest BCUT2D eigenvalue weighted by atomic mass is 16.5. The fraction of sp³-hybridized carbons (Fsp3) is 0.600. The van der Waals surface area contributed by atoms with Crippen molar-refractivity contribution >= 4 is 11.6 Å². The molecular weight excluding hydrogens is 254 g/mol. The number of nitrogens with one attached hydrogen (secondary N) is 2. The predicted molar refractivity (Wildman–Crippen MR) is 81.0 cm³/mol. The number of hydrogen-bond acceptors (Lipinski definition) is 4. The van der Waals surface area contributed by atoms with Crippen molar-refractivity contribution in [2.75, 3.05) is 32.1 Å². The van der Waals surface area contributed by atoms with Gasteiger partial charge in [0.15, 0.2) is 0 Å². The Kier molecular flexibility index (Phi) is 6.45. The van der Waals surface area contributed by atoms with Gasteiger partial charge in [-0.1, -0.05) is 13.8 Å². The zero-order chi connectivity index (χ0) is 15.0. The number of nitrogens with zero attached hydrogens (tertiary/aromatic N) is 1. The van der Waals surface area contributed by atoms with Crippen molar-refractivity contribution in [3.63, 3.8) is 0 Å². The van der Waals surface area contributed by atoms with Crippen LogP contribution in [-0.4, -0.2) is 37.7 Å². The molecule has 0 radical (unpaired) electrons. The molecule has 1 amide bonds. The Morgan fingerprint density at radius 1 is 1.45 bits per heavy atom. The fourth-order valence-electron chi connectivity index (χ4n) is 1.81. The topological polar surface area (TPSA) is 63.2 Å². The molecule has 1 heterocycles. The number of ether oxygens (including phenoxy) is 1. The standard InChI is InChI=1S/C15H25N3O2/c1-5-17-13-10-16-8-6-12(13)14(19)18-11-15(2,3)7-9-20-4/h6,8,10,17H,5,7,9,11H2,1-4H3,(H,18,19). The summed E-state index contributed by atoms with van der Waals surface area (Å²) in [6.07, 6.45) is 4.21. The van der Waals surface area contributed by atoms with E-state index in [9.17, 15) is 4.79 Å². The van der Waals surface area contributed by atoms with Crippen LogP contribution in [0.25, 0.3) is 0 Å². The fourth-order valence-corrected chi connectivity index (χ4v) is 1.81. The summed E-state index contributed by atoms with van der Waals surface area (Å²) >= 11 is 0. The van der Waals surface area contributed by atoms with Gasteiger partial charge in [-0.2, -0.15) is 0 Å². The SMILES string of the molecule is CCNc1cnccc1C(=O)NCC(C)(C)CCOC. The van der Waals surface area contributed by atoms with Crippen molar-refractivity contribution in [3.8, 4) is 0 Å². The average molecular weight is 279 g/mol. The third-order valence-electron chi connectivity index (χ3n) is 3.14. The lowest BCUT2D eigenvalue weighted by atomic mass is 9.89. The van der Waals surface area contributed by atoms with Crippen molar-refractivity contribution in [3.05, 3.63) is 24.0 Å². The second-order valence-corrected chi connectivity index (χ2v) is 5.54. The number of anilines is 1. The minimum absolute atomic E-state index is 0.0110. The van der Waals surface area contributed by atoms with Gasteiger partial charge >= 0.3 is 0 Å². The van der Waals surface area contributed by atoms with Gasteiger partial charge in [-0.25, -0.2) is 0 Å². The van der Waals surface area contributed by atoms with E-state index in [4.69, 9.17) is 4.74 Å². The number of aromatic nitrogens is 1. The molecule has 5 heteroatoms. The molecule has 0 aliphatic rings. The van der Waals surface area contributed by atoms with Crippen LogP contribution >= 0.6 is 0 Å². The molecule has 0 saturated heterocycles. The van der Waals surface area contributed by atoms with Crippen LogP contribution in [0.3, 0.4) is 0 Å². The lowest BCUT2D eigenvalue weighted by Gasteiger charge is -2.24. The average Bonchev–Trinajstić information content (AvgIpc) is 2.44. The number of rotatable bonds is 8. The molecule has 1 aromatic rings. The molecule has 0 bridgehead atoms. The van der Waals surface area contributed by atoms with Crippen LogP contribution in [0, 0.1) is 5.41 Å². The molecule has 20 heavy (non-hydrogen) atoms. The third kappa shape index (κ3) is 5.17.